The first-order chi connectivity index (χ1) is 8.24. The standard InChI is InChI=1S/C14H27NO4/c1-9(2)14(7,11(17)18)8-10(16)15-12(3,4)13(5,6)19/h9,19H,8H2,1-7H3,(H,15,16)(H,17,18). The van der Waals surface area contributed by atoms with Gasteiger partial charge in [-0.2, -0.15) is 0 Å². The summed E-state index contributed by atoms with van der Waals surface area (Å²) >= 11 is 0. The molecule has 0 aromatic carbocycles. The van der Waals surface area contributed by atoms with Crippen molar-refractivity contribution in [3.05, 3.63) is 0 Å². The molecule has 0 saturated heterocycles. The number of rotatable bonds is 6. The van der Waals surface area contributed by atoms with Crippen molar-refractivity contribution in [1.29, 1.82) is 0 Å². The summed E-state index contributed by atoms with van der Waals surface area (Å²) in [5, 5.41) is 22.0. The van der Waals surface area contributed by atoms with Crippen molar-refractivity contribution < 1.29 is 19.8 Å². The van der Waals surface area contributed by atoms with E-state index in [4.69, 9.17) is 0 Å². The van der Waals surface area contributed by atoms with E-state index in [-0.39, 0.29) is 18.2 Å². The molecule has 0 aromatic heterocycles. The Morgan fingerprint density at radius 3 is 1.79 bits per heavy atom. The van der Waals surface area contributed by atoms with Crippen LogP contribution >= 0.6 is 0 Å². The normalized spacial score (nSPS) is 16.1. The highest BCUT2D eigenvalue weighted by atomic mass is 16.4. The minimum absolute atomic E-state index is 0.112. The molecule has 0 bridgehead atoms. The third-order valence-electron chi connectivity index (χ3n) is 4.27. The third-order valence-corrected chi connectivity index (χ3v) is 4.27. The number of hydrogen-bond acceptors (Lipinski definition) is 3. The van der Waals surface area contributed by atoms with Crippen molar-refractivity contribution in [3.8, 4) is 0 Å². The van der Waals surface area contributed by atoms with Gasteiger partial charge in [-0.1, -0.05) is 13.8 Å². The predicted octanol–water partition coefficient (Wildman–Crippen LogP) is 1.79. The number of carboxylic acid groups (broad SMARTS) is 1. The molecular formula is C14H27NO4. The van der Waals surface area contributed by atoms with E-state index in [1.54, 1.807) is 48.5 Å². The number of aliphatic hydroxyl groups is 1. The van der Waals surface area contributed by atoms with Gasteiger partial charge in [-0.05, 0) is 40.5 Å². The minimum Gasteiger partial charge on any atom is -0.481 e. The summed E-state index contributed by atoms with van der Waals surface area (Å²) in [6, 6.07) is 0. The summed E-state index contributed by atoms with van der Waals surface area (Å²) in [7, 11) is 0. The summed E-state index contributed by atoms with van der Waals surface area (Å²) in [5.74, 6) is -1.52. The predicted molar refractivity (Wildman–Crippen MR) is 73.7 cm³/mol. The van der Waals surface area contributed by atoms with Gasteiger partial charge in [0.25, 0.3) is 0 Å². The fourth-order valence-electron chi connectivity index (χ4n) is 1.41. The summed E-state index contributed by atoms with van der Waals surface area (Å²) in [6.07, 6.45) is -0.112. The Labute approximate surface area is 115 Å². The molecule has 0 spiro atoms. The lowest BCUT2D eigenvalue weighted by atomic mass is 9.75. The topological polar surface area (TPSA) is 86.6 Å². The molecular weight excluding hydrogens is 246 g/mol. The van der Waals surface area contributed by atoms with Crippen LogP contribution in [-0.2, 0) is 9.59 Å². The van der Waals surface area contributed by atoms with Crippen LogP contribution in [0.1, 0.15) is 54.9 Å². The number of amides is 1. The molecule has 112 valence electrons. The fourth-order valence-corrected chi connectivity index (χ4v) is 1.41. The first kappa shape index (κ1) is 17.9. The van der Waals surface area contributed by atoms with E-state index in [1.807, 2.05) is 0 Å². The van der Waals surface area contributed by atoms with Crippen LogP contribution in [0.3, 0.4) is 0 Å². The molecule has 3 N–H and O–H groups in total. The van der Waals surface area contributed by atoms with Gasteiger partial charge >= 0.3 is 5.97 Å². The molecule has 19 heavy (non-hydrogen) atoms. The van der Waals surface area contributed by atoms with Crippen LogP contribution in [0.5, 0.6) is 0 Å². The van der Waals surface area contributed by atoms with Crippen LogP contribution in [0.4, 0.5) is 0 Å². The number of carboxylic acids is 1. The maximum atomic E-state index is 12.0. The highest BCUT2D eigenvalue weighted by molar-refractivity contribution is 5.85. The Hall–Kier alpha value is -1.10. The zero-order valence-electron chi connectivity index (χ0n) is 13.0. The van der Waals surface area contributed by atoms with Gasteiger partial charge in [0.1, 0.15) is 0 Å². The quantitative estimate of drug-likeness (QED) is 0.688. The van der Waals surface area contributed by atoms with E-state index in [2.05, 4.69) is 5.32 Å². The van der Waals surface area contributed by atoms with Gasteiger partial charge in [-0.3, -0.25) is 9.59 Å². The van der Waals surface area contributed by atoms with Crippen molar-refractivity contribution in [3.63, 3.8) is 0 Å². The van der Waals surface area contributed by atoms with Crippen molar-refractivity contribution in [2.24, 2.45) is 11.3 Å². The van der Waals surface area contributed by atoms with Crippen LogP contribution in [0.25, 0.3) is 0 Å². The van der Waals surface area contributed by atoms with Gasteiger partial charge in [-0.25, -0.2) is 0 Å². The second-order valence-corrected chi connectivity index (χ2v) is 6.79. The Balaban J connectivity index is 4.94. The van der Waals surface area contributed by atoms with Gasteiger partial charge in [0.2, 0.25) is 5.91 Å². The van der Waals surface area contributed by atoms with Crippen LogP contribution in [0.15, 0.2) is 0 Å². The Kier molecular flexibility index (Phi) is 5.17. The molecule has 1 atom stereocenters. The molecule has 1 unspecified atom stereocenters. The van der Waals surface area contributed by atoms with Crippen molar-refractivity contribution >= 4 is 11.9 Å². The molecule has 5 heteroatoms. The number of hydrogen-bond donors (Lipinski definition) is 3. The first-order valence-corrected chi connectivity index (χ1v) is 6.51. The van der Waals surface area contributed by atoms with Crippen molar-refractivity contribution in [2.45, 2.75) is 66.0 Å². The highest BCUT2D eigenvalue weighted by Gasteiger charge is 2.42. The number of nitrogens with one attached hydrogen (secondary N) is 1. The molecule has 0 aliphatic carbocycles. The summed E-state index contributed by atoms with van der Waals surface area (Å²) in [6.45, 7) is 11.7. The number of aliphatic carboxylic acids is 1. The van der Waals surface area contributed by atoms with Crippen molar-refractivity contribution in [1.82, 2.24) is 5.32 Å². The fraction of sp³-hybridized carbons (Fsp3) is 0.857. The lowest BCUT2D eigenvalue weighted by molar-refractivity contribution is -0.154. The van der Waals surface area contributed by atoms with Gasteiger partial charge in [0, 0.05) is 6.42 Å². The molecule has 5 nitrogen and oxygen atoms in total. The maximum Gasteiger partial charge on any atom is 0.310 e. The molecule has 0 rings (SSSR count). The first-order valence-electron chi connectivity index (χ1n) is 6.51. The summed E-state index contributed by atoms with van der Waals surface area (Å²) in [4.78, 5) is 23.4. The van der Waals surface area contributed by atoms with Crippen LogP contribution in [-0.4, -0.2) is 33.2 Å². The van der Waals surface area contributed by atoms with E-state index in [9.17, 15) is 19.8 Å². The van der Waals surface area contributed by atoms with Gasteiger partial charge < -0.3 is 15.5 Å². The summed E-state index contributed by atoms with van der Waals surface area (Å²) in [5.41, 5.74) is -3.04. The SMILES string of the molecule is CC(C)C(C)(CC(=O)NC(C)(C)C(C)(C)O)C(=O)O. The van der Waals surface area contributed by atoms with Crippen LogP contribution < -0.4 is 5.32 Å². The Morgan fingerprint density at radius 1 is 1.11 bits per heavy atom. The molecule has 0 fully saturated rings. The zero-order valence-corrected chi connectivity index (χ0v) is 13.0. The number of carbonyl (C=O) groups is 2. The van der Waals surface area contributed by atoms with Crippen LogP contribution in [0, 0.1) is 11.3 Å². The highest BCUT2D eigenvalue weighted by Crippen LogP contribution is 2.32. The maximum absolute atomic E-state index is 12.0. The second-order valence-electron chi connectivity index (χ2n) is 6.79. The van der Waals surface area contributed by atoms with E-state index in [0.29, 0.717) is 0 Å². The summed E-state index contributed by atoms with van der Waals surface area (Å²) < 4.78 is 0. The van der Waals surface area contributed by atoms with Gasteiger partial charge in [0.05, 0.1) is 16.6 Å². The zero-order chi connectivity index (χ0) is 15.6. The van der Waals surface area contributed by atoms with Gasteiger partial charge in [0.15, 0.2) is 0 Å². The van der Waals surface area contributed by atoms with E-state index in [1.165, 1.54) is 0 Å². The average Bonchev–Trinajstić information content (AvgIpc) is 2.13. The molecule has 0 radical (unpaired) electrons. The third kappa shape index (κ3) is 4.20. The smallest absolute Gasteiger partial charge is 0.310 e. The largest absolute Gasteiger partial charge is 0.481 e. The van der Waals surface area contributed by atoms with E-state index >= 15 is 0 Å². The van der Waals surface area contributed by atoms with Crippen LogP contribution in [0.2, 0.25) is 0 Å². The Morgan fingerprint density at radius 2 is 1.53 bits per heavy atom. The molecule has 1 amide bonds. The molecule has 0 aliphatic heterocycles. The molecule has 0 saturated carbocycles. The Bertz CT molecular complexity index is 355. The number of carbonyl (C=O) groups excluding carboxylic acids is 1. The lowest BCUT2D eigenvalue weighted by Crippen LogP contribution is -2.58. The van der Waals surface area contributed by atoms with E-state index < -0.39 is 22.5 Å². The van der Waals surface area contributed by atoms with Crippen molar-refractivity contribution in [2.75, 3.05) is 0 Å². The van der Waals surface area contributed by atoms with Gasteiger partial charge in [-0.15, -0.1) is 0 Å². The average molecular weight is 273 g/mol. The monoisotopic (exact) mass is 273 g/mol. The van der Waals surface area contributed by atoms with E-state index in [0.717, 1.165) is 0 Å². The lowest BCUT2D eigenvalue weighted by Gasteiger charge is -2.39. The molecule has 0 aromatic rings. The second kappa shape index (κ2) is 5.49. The molecule has 0 heterocycles. The molecule has 0 aliphatic rings. The minimum atomic E-state index is -1.11.